The molecule has 2 nitrogen and oxygen atoms in total. The molecule has 0 radical (unpaired) electrons. The molecule has 0 bridgehead atoms. The minimum atomic E-state index is -0.695. The maximum absolute atomic E-state index is 10.3. The van der Waals surface area contributed by atoms with Gasteiger partial charge in [-0.3, -0.25) is 4.79 Å². The van der Waals surface area contributed by atoms with Crippen molar-refractivity contribution in [3.05, 3.63) is 36.5 Å². The van der Waals surface area contributed by atoms with Gasteiger partial charge in [0.2, 0.25) is 0 Å². The normalized spacial score (nSPS) is 12.1. The first-order valence-corrected chi connectivity index (χ1v) is 7.94. The number of carboxylic acids is 1. The van der Waals surface area contributed by atoms with Gasteiger partial charge < -0.3 is 5.11 Å². The number of carboxylic acid groups (broad SMARTS) is 1. The van der Waals surface area contributed by atoms with Crippen molar-refractivity contribution < 1.29 is 9.90 Å². The van der Waals surface area contributed by atoms with E-state index in [9.17, 15) is 4.79 Å². The average Bonchev–Trinajstić information content (AvgIpc) is 2.43. The van der Waals surface area contributed by atoms with Crippen LogP contribution in [0.1, 0.15) is 71.1 Å². The summed E-state index contributed by atoms with van der Waals surface area (Å²) in [6.45, 7) is 2.23. The van der Waals surface area contributed by atoms with E-state index in [1.807, 2.05) is 0 Å². The molecule has 0 rings (SSSR count). The first-order chi connectivity index (χ1) is 9.77. The molecule has 2 heteroatoms. The van der Waals surface area contributed by atoms with Crippen molar-refractivity contribution >= 4 is 5.97 Å². The Morgan fingerprint density at radius 2 is 1.30 bits per heavy atom. The molecule has 0 aromatic heterocycles. The van der Waals surface area contributed by atoms with E-state index >= 15 is 0 Å². The zero-order valence-electron chi connectivity index (χ0n) is 12.9. The summed E-state index contributed by atoms with van der Waals surface area (Å²) in [6.07, 6.45) is 23.3. The van der Waals surface area contributed by atoms with E-state index in [2.05, 4.69) is 43.4 Å². The third-order valence-corrected chi connectivity index (χ3v) is 3.03. The van der Waals surface area contributed by atoms with Crippen molar-refractivity contribution in [2.45, 2.75) is 71.1 Å². The van der Waals surface area contributed by atoms with E-state index in [0.29, 0.717) is 6.42 Å². The van der Waals surface area contributed by atoms with Gasteiger partial charge >= 0.3 is 5.97 Å². The van der Waals surface area contributed by atoms with Crippen LogP contribution >= 0.6 is 0 Å². The lowest BCUT2D eigenvalue weighted by Gasteiger charge is -1.92. The van der Waals surface area contributed by atoms with Gasteiger partial charge in [0.05, 0.1) is 0 Å². The lowest BCUT2D eigenvalue weighted by molar-refractivity contribution is -0.137. The molecule has 0 heterocycles. The first kappa shape index (κ1) is 18.7. The Bertz CT molecular complexity index is 301. The molecule has 0 atom stereocenters. The summed E-state index contributed by atoms with van der Waals surface area (Å²) in [5.41, 5.74) is 0. The highest BCUT2D eigenvalue weighted by atomic mass is 16.4. The summed E-state index contributed by atoms with van der Waals surface area (Å²) in [4.78, 5) is 10.3. The van der Waals surface area contributed by atoms with Crippen LogP contribution in [0.25, 0.3) is 0 Å². The van der Waals surface area contributed by atoms with Gasteiger partial charge in [-0.15, -0.1) is 0 Å². The average molecular weight is 278 g/mol. The monoisotopic (exact) mass is 278 g/mol. The van der Waals surface area contributed by atoms with Gasteiger partial charge in [-0.25, -0.2) is 0 Å². The summed E-state index contributed by atoms with van der Waals surface area (Å²) in [6, 6.07) is 0. The molecular formula is C18H30O2. The SMILES string of the molecule is CCCCC/C=C\C/C=C\CC=CCCCCC(=O)O. The molecular weight excluding hydrogens is 248 g/mol. The van der Waals surface area contributed by atoms with E-state index in [4.69, 9.17) is 5.11 Å². The van der Waals surface area contributed by atoms with Crippen LogP contribution in [-0.2, 0) is 4.79 Å². The standard InChI is InChI=1S/C18H30O2/c1-2-3-4-5-6-7-8-9-10-11-12-13-14-15-16-17-18(19)20/h6-7,9-10,12-13H,2-5,8,11,14-17H2,1H3,(H,19,20)/b7-6-,10-9-,13-12?. The number of hydrogen-bond acceptors (Lipinski definition) is 1. The smallest absolute Gasteiger partial charge is 0.303 e. The van der Waals surface area contributed by atoms with Crippen LogP contribution < -0.4 is 0 Å². The molecule has 0 aromatic carbocycles. The Balaban J connectivity index is 3.32. The molecule has 0 saturated carbocycles. The van der Waals surface area contributed by atoms with Crippen molar-refractivity contribution in [2.24, 2.45) is 0 Å². The zero-order valence-corrected chi connectivity index (χ0v) is 12.9. The largest absolute Gasteiger partial charge is 0.481 e. The third kappa shape index (κ3) is 16.7. The van der Waals surface area contributed by atoms with Crippen molar-refractivity contribution in [1.29, 1.82) is 0 Å². The molecule has 0 aliphatic heterocycles. The van der Waals surface area contributed by atoms with E-state index in [1.165, 1.54) is 25.7 Å². The number of allylic oxidation sites excluding steroid dienone is 6. The first-order valence-electron chi connectivity index (χ1n) is 7.94. The fourth-order valence-corrected chi connectivity index (χ4v) is 1.83. The van der Waals surface area contributed by atoms with E-state index < -0.39 is 5.97 Å². The number of aliphatic carboxylic acids is 1. The summed E-state index contributed by atoms with van der Waals surface area (Å²) >= 11 is 0. The van der Waals surface area contributed by atoms with Gasteiger partial charge in [0.15, 0.2) is 0 Å². The third-order valence-electron chi connectivity index (χ3n) is 3.03. The topological polar surface area (TPSA) is 37.3 Å². The molecule has 0 aliphatic rings. The number of hydrogen-bond donors (Lipinski definition) is 1. The highest BCUT2D eigenvalue weighted by Gasteiger charge is 1.93. The lowest BCUT2D eigenvalue weighted by Crippen LogP contribution is -1.92. The lowest BCUT2D eigenvalue weighted by atomic mass is 10.2. The van der Waals surface area contributed by atoms with Crippen LogP contribution in [-0.4, -0.2) is 11.1 Å². The fourth-order valence-electron chi connectivity index (χ4n) is 1.83. The van der Waals surface area contributed by atoms with Crippen LogP contribution in [0.5, 0.6) is 0 Å². The molecule has 114 valence electrons. The molecule has 0 aliphatic carbocycles. The predicted octanol–water partition coefficient (Wildman–Crippen LogP) is 5.66. The Morgan fingerprint density at radius 3 is 1.80 bits per heavy atom. The van der Waals surface area contributed by atoms with Crippen molar-refractivity contribution in [2.75, 3.05) is 0 Å². The highest BCUT2D eigenvalue weighted by Crippen LogP contribution is 2.02. The second-order valence-corrected chi connectivity index (χ2v) is 5.02. The Hall–Kier alpha value is -1.31. The molecule has 1 N–H and O–H groups in total. The van der Waals surface area contributed by atoms with Crippen molar-refractivity contribution in [3.63, 3.8) is 0 Å². The highest BCUT2D eigenvalue weighted by molar-refractivity contribution is 5.66. The second kappa shape index (κ2) is 15.7. The maximum Gasteiger partial charge on any atom is 0.303 e. The quantitative estimate of drug-likeness (QED) is 0.348. The molecule has 0 amide bonds. The van der Waals surface area contributed by atoms with Crippen LogP contribution in [0.15, 0.2) is 36.5 Å². The number of rotatable bonds is 13. The molecule has 0 aromatic rings. The van der Waals surface area contributed by atoms with E-state index in [0.717, 1.165) is 32.1 Å². The van der Waals surface area contributed by atoms with Gasteiger partial charge in [0.1, 0.15) is 0 Å². The van der Waals surface area contributed by atoms with Gasteiger partial charge in [-0.05, 0) is 44.9 Å². The van der Waals surface area contributed by atoms with E-state index in [1.54, 1.807) is 0 Å². The van der Waals surface area contributed by atoms with Gasteiger partial charge in [-0.2, -0.15) is 0 Å². The van der Waals surface area contributed by atoms with Crippen molar-refractivity contribution in [3.8, 4) is 0 Å². The summed E-state index contributed by atoms with van der Waals surface area (Å²) in [5, 5.41) is 8.48. The number of carbonyl (C=O) groups is 1. The predicted molar refractivity (Wildman–Crippen MR) is 86.9 cm³/mol. The molecule has 0 spiro atoms. The molecule has 20 heavy (non-hydrogen) atoms. The Labute approximate surface area is 124 Å². The molecule has 0 unspecified atom stereocenters. The Morgan fingerprint density at radius 1 is 0.800 bits per heavy atom. The zero-order chi connectivity index (χ0) is 14.9. The van der Waals surface area contributed by atoms with Crippen molar-refractivity contribution in [1.82, 2.24) is 0 Å². The minimum absolute atomic E-state index is 0.290. The minimum Gasteiger partial charge on any atom is -0.481 e. The van der Waals surface area contributed by atoms with Crippen LogP contribution in [0.2, 0.25) is 0 Å². The summed E-state index contributed by atoms with van der Waals surface area (Å²) in [5.74, 6) is -0.695. The van der Waals surface area contributed by atoms with Crippen LogP contribution in [0.4, 0.5) is 0 Å². The summed E-state index contributed by atoms with van der Waals surface area (Å²) < 4.78 is 0. The molecule has 0 fully saturated rings. The van der Waals surface area contributed by atoms with Gasteiger partial charge in [-0.1, -0.05) is 56.2 Å². The second-order valence-electron chi connectivity index (χ2n) is 5.02. The van der Waals surface area contributed by atoms with Crippen LogP contribution in [0.3, 0.4) is 0 Å². The van der Waals surface area contributed by atoms with Gasteiger partial charge in [0.25, 0.3) is 0 Å². The van der Waals surface area contributed by atoms with Gasteiger partial charge in [0, 0.05) is 6.42 Å². The Kier molecular flexibility index (Phi) is 14.7. The number of unbranched alkanes of at least 4 members (excludes halogenated alkanes) is 5. The van der Waals surface area contributed by atoms with E-state index in [-0.39, 0.29) is 0 Å². The van der Waals surface area contributed by atoms with Crippen LogP contribution in [0, 0.1) is 0 Å². The summed E-state index contributed by atoms with van der Waals surface area (Å²) in [7, 11) is 0. The molecule has 0 saturated heterocycles. The maximum atomic E-state index is 10.3. The fraction of sp³-hybridized carbons (Fsp3) is 0.611.